The Bertz CT molecular complexity index is 417. The lowest BCUT2D eigenvalue weighted by Gasteiger charge is -2.32. The van der Waals surface area contributed by atoms with Gasteiger partial charge in [0.25, 0.3) is 0 Å². The van der Waals surface area contributed by atoms with Crippen LogP contribution in [-0.2, 0) is 14.3 Å². The van der Waals surface area contributed by atoms with Crippen molar-refractivity contribution in [1.82, 2.24) is 0 Å². The number of rotatable bonds is 5. The number of alkyl halides is 6. The average molecular weight is 321 g/mol. The van der Waals surface area contributed by atoms with Crippen LogP contribution >= 0.6 is 0 Å². The Kier molecular flexibility index (Phi) is 4.79. The van der Waals surface area contributed by atoms with Gasteiger partial charge in [-0.25, -0.2) is 4.79 Å². The third-order valence-electron chi connectivity index (χ3n) is 3.13. The summed E-state index contributed by atoms with van der Waals surface area (Å²) in [5.41, 5.74) is 0. The molecule has 0 atom stereocenters. The fourth-order valence-electron chi connectivity index (χ4n) is 1.86. The van der Waals surface area contributed by atoms with Gasteiger partial charge in [-0.2, -0.15) is 26.3 Å². The molecule has 0 spiro atoms. The van der Waals surface area contributed by atoms with E-state index in [1.54, 1.807) is 0 Å². The van der Waals surface area contributed by atoms with Gasteiger partial charge in [-0.3, -0.25) is 0 Å². The van der Waals surface area contributed by atoms with Crippen molar-refractivity contribution < 1.29 is 45.8 Å². The molecular weight excluding hydrogens is 310 g/mol. The van der Waals surface area contributed by atoms with Crippen molar-refractivity contribution in [2.45, 2.75) is 56.0 Å². The molecule has 1 fully saturated rings. The van der Waals surface area contributed by atoms with Gasteiger partial charge in [-0.1, -0.05) is 6.42 Å². The molecule has 122 valence electrons. The molecule has 0 heterocycles. The Labute approximate surface area is 115 Å². The predicted molar refractivity (Wildman–Crippen MR) is 52.8 cm³/mol. The van der Waals surface area contributed by atoms with Gasteiger partial charge in [0.05, 0.1) is 0 Å². The molecule has 1 rings (SSSR count). The summed E-state index contributed by atoms with van der Waals surface area (Å²) in [6, 6.07) is 0. The minimum atomic E-state index is -6.47. The van der Waals surface area contributed by atoms with Crippen LogP contribution in [0, 0.1) is 0 Å². The zero-order valence-corrected chi connectivity index (χ0v) is 10.5. The van der Waals surface area contributed by atoms with Crippen LogP contribution in [0.2, 0.25) is 0 Å². The molecule has 0 aromatic carbocycles. The van der Waals surface area contributed by atoms with Crippen LogP contribution in [0.3, 0.4) is 0 Å². The molecule has 0 radical (unpaired) electrons. The fraction of sp³-hybridized carbons (Fsp3) is 0.818. The summed E-state index contributed by atoms with van der Waals surface area (Å²) in [5, 5.41) is 9.90. The average Bonchev–Trinajstić information content (AvgIpc) is 2.39. The highest BCUT2D eigenvalue weighted by Crippen LogP contribution is 2.46. The maximum atomic E-state index is 13.2. The smallest absolute Gasteiger partial charge is 0.411 e. The van der Waals surface area contributed by atoms with Gasteiger partial charge >= 0.3 is 23.7 Å². The number of carbonyl (C=O) groups excluding carboxylic acids is 2. The van der Waals surface area contributed by atoms with E-state index in [0.717, 1.165) is 6.42 Å². The summed E-state index contributed by atoms with van der Waals surface area (Å²) in [6.07, 6.45) is 0.965. The molecule has 1 saturated carbocycles. The minimum Gasteiger partial charge on any atom is -0.544 e. The van der Waals surface area contributed by atoms with E-state index in [1.165, 1.54) is 0 Å². The van der Waals surface area contributed by atoms with Crippen molar-refractivity contribution in [3.63, 3.8) is 0 Å². The van der Waals surface area contributed by atoms with Crippen molar-refractivity contribution >= 4 is 11.9 Å². The Morgan fingerprint density at radius 1 is 0.905 bits per heavy atom. The number of esters is 1. The van der Waals surface area contributed by atoms with E-state index in [-0.39, 0.29) is 12.8 Å². The van der Waals surface area contributed by atoms with E-state index in [0.29, 0.717) is 12.8 Å². The van der Waals surface area contributed by atoms with Crippen molar-refractivity contribution in [3.8, 4) is 0 Å². The van der Waals surface area contributed by atoms with E-state index in [9.17, 15) is 41.0 Å². The third-order valence-corrected chi connectivity index (χ3v) is 3.13. The number of ether oxygens (including phenoxy) is 1. The number of aliphatic carboxylic acids is 1. The molecule has 0 N–H and O–H groups in total. The van der Waals surface area contributed by atoms with E-state index in [4.69, 9.17) is 0 Å². The number of carboxylic acid groups (broad SMARTS) is 1. The van der Waals surface area contributed by atoms with Gasteiger partial charge in [-0.15, -0.1) is 0 Å². The zero-order valence-electron chi connectivity index (χ0n) is 10.5. The van der Waals surface area contributed by atoms with Gasteiger partial charge in [0.1, 0.15) is 12.1 Å². The molecule has 0 aliphatic heterocycles. The summed E-state index contributed by atoms with van der Waals surface area (Å²) in [5.74, 6) is -25.3. The molecule has 4 nitrogen and oxygen atoms in total. The van der Waals surface area contributed by atoms with Crippen LogP contribution in [0.1, 0.15) is 32.1 Å². The molecule has 0 saturated heterocycles. The molecule has 0 amide bonds. The first kappa shape index (κ1) is 17.6. The van der Waals surface area contributed by atoms with Gasteiger partial charge in [-0.05, 0) is 25.7 Å². The molecule has 21 heavy (non-hydrogen) atoms. The van der Waals surface area contributed by atoms with Crippen molar-refractivity contribution in [1.29, 1.82) is 0 Å². The van der Waals surface area contributed by atoms with Crippen LogP contribution < -0.4 is 5.11 Å². The second-order valence-corrected chi connectivity index (χ2v) is 4.68. The standard InChI is InChI=1S/C11H12F6O4/c12-9(13,7(18)19)11(16,17)10(14,15)8(20)21-6-4-2-1-3-5-6/h6H,1-5H2,(H,18,19)/p-1. The quantitative estimate of drug-likeness (QED) is 0.569. The predicted octanol–water partition coefficient (Wildman–Crippen LogP) is 1.52. The summed E-state index contributed by atoms with van der Waals surface area (Å²) in [6.45, 7) is 0. The minimum absolute atomic E-state index is 0.143. The molecular formula is C11H11F6O4-. The van der Waals surface area contributed by atoms with E-state index < -0.39 is 35.8 Å². The van der Waals surface area contributed by atoms with E-state index in [2.05, 4.69) is 4.74 Å². The highest BCUT2D eigenvalue weighted by Gasteiger charge is 2.76. The number of halogens is 6. The van der Waals surface area contributed by atoms with Gasteiger partial charge in [0.15, 0.2) is 0 Å². The monoisotopic (exact) mass is 321 g/mol. The van der Waals surface area contributed by atoms with Crippen molar-refractivity contribution in [3.05, 3.63) is 0 Å². The first-order valence-corrected chi connectivity index (χ1v) is 6.00. The van der Waals surface area contributed by atoms with E-state index >= 15 is 0 Å². The molecule has 0 aromatic rings. The normalized spacial score (nSPS) is 18.4. The first-order chi connectivity index (χ1) is 9.44. The van der Waals surface area contributed by atoms with Gasteiger partial charge in [0.2, 0.25) is 0 Å². The Hall–Kier alpha value is -1.48. The maximum Gasteiger partial charge on any atom is 0.411 e. The third kappa shape index (κ3) is 3.08. The summed E-state index contributed by atoms with van der Waals surface area (Å²) < 4.78 is 81.9. The molecule has 10 heteroatoms. The lowest BCUT2D eigenvalue weighted by atomic mass is 9.97. The van der Waals surface area contributed by atoms with Crippen LogP contribution in [-0.4, -0.2) is 35.8 Å². The topological polar surface area (TPSA) is 66.4 Å². The van der Waals surface area contributed by atoms with Crippen LogP contribution in [0.5, 0.6) is 0 Å². The number of hydrogen-bond acceptors (Lipinski definition) is 4. The van der Waals surface area contributed by atoms with Crippen LogP contribution in [0.15, 0.2) is 0 Å². The lowest BCUT2D eigenvalue weighted by Crippen LogP contribution is -2.64. The van der Waals surface area contributed by atoms with E-state index in [1.807, 2.05) is 0 Å². The Balaban J connectivity index is 2.91. The van der Waals surface area contributed by atoms with Gasteiger partial charge < -0.3 is 14.6 Å². The van der Waals surface area contributed by atoms with Crippen molar-refractivity contribution in [2.75, 3.05) is 0 Å². The fourth-order valence-corrected chi connectivity index (χ4v) is 1.86. The zero-order chi connectivity index (χ0) is 16.5. The summed E-state index contributed by atoms with van der Waals surface area (Å²) in [4.78, 5) is 21.0. The Morgan fingerprint density at radius 3 is 1.81 bits per heavy atom. The first-order valence-electron chi connectivity index (χ1n) is 6.00. The molecule has 1 aliphatic rings. The van der Waals surface area contributed by atoms with Crippen molar-refractivity contribution in [2.24, 2.45) is 0 Å². The number of carbonyl (C=O) groups is 2. The Morgan fingerprint density at radius 2 is 1.38 bits per heavy atom. The highest BCUT2D eigenvalue weighted by atomic mass is 19.3. The van der Waals surface area contributed by atoms with Crippen LogP contribution in [0.4, 0.5) is 26.3 Å². The molecule has 0 bridgehead atoms. The lowest BCUT2D eigenvalue weighted by molar-refractivity contribution is -0.366. The molecule has 1 aliphatic carbocycles. The number of hydrogen-bond donors (Lipinski definition) is 0. The summed E-state index contributed by atoms with van der Waals surface area (Å²) >= 11 is 0. The summed E-state index contributed by atoms with van der Waals surface area (Å²) in [7, 11) is 0. The number of carboxylic acids is 1. The maximum absolute atomic E-state index is 13.2. The second kappa shape index (κ2) is 5.72. The molecule has 0 aromatic heterocycles. The SMILES string of the molecule is O=C([O-])C(F)(F)C(F)(F)C(F)(F)C(=O)OC1CCCCC1. The molecule has 0 unspecified atom stereocenters. The van der Waals surface area contributed by atoms with Gasteiger partial charge in [0, 0.05) is 0 Å². The highest BCUT2D eigenvalue weighted by molar-refractivity contribution is 5.83. The largest absolute Gasteiger partial charge is 0.544 e. The second-order valence-electron chi connectivity index (χ2n) is 4.68. The van der Waals surface area contributed by atoms with Crippen LogP contribution in [0.25, 0.3) is 0 Å².